The first-order chi connectivity index (χ1) is 9.08. The zero-order valence-corrected chi connectivity index (χ0v) is 10.3. The Balaban J connectivity index is 2.29. The molecule has 1 unspecified atom stereocenters. The first-order valence-corrected chi connectivity index (χ1v) is 5.73. The quantitative estimate of drug-likeness (QED) is 0.887. The number of rotatable bonds is 4. The predicted molar refractivity (Wildman–Crippen MR) is 69.4 cm³/mol. The Kier molecular flexibility index (Phi) is 3.75. The average Bonchev–Trinajstić information content (AvgIpc) is 2.39. The third-order valence-electron chi connectivity index (χ3n) is 2.79. The van der Waals surface area contributed by atoms with E-state index < -0.39 is 12.0 Å². The smallest absolute Gasteiger partial charge is 0.330 e. The number of hydrogen-bond donors (Lipinski definition) is 2. The van der Waals surface area contributed by atoms with Gasteiger partial charge in [0.2, 0.25) is 0 Å². The third-order valence-corrected chi connectivity index (χ3v) is 2.79. The molecule has 0 saturated heterocycles. The number of aliphatic carboxylic acids is 1. The lowest BCUT2D eigenvalue weighted by atomic mass is 10.0. The van der Waals surface area contributed by atoms with E-state index in [2.05, 4.69) is 10.3 Å². The maximum atomic E-state index is 12.8. The Morgan fingerprint density at radius 3 is 2.58 bits per heavy atom. The van der Waals surface area contributed by atoms with Gasteiger partial charge in [-0.1, -0.05) is 0 Å². The number of aromatic nitrogens is 1. The monoisotopic (exact) mass is 260 g/mol. The number of hydrogen-bond acceptors (Lipinski definition) is 3. The van der Waals surface area contributed by atoms with Crippen LogP contribution in [0, 0.1) is 12.7 Å². The van der Waals surface area contributed by atoms with Crippen molar-refractivity contribution in [2.75, 3.05) is 5.32 Å². The standard InChI is InChI=1S/C14H13FN2O2/c1-9-6-7-16-8-12(9)13(14(18)19)17-11-4-2-10(15)3-5-11/h2-8,13,17H,1H3,(H,18,19). The first kappa shape index (κ1) is 13.0. The van der Waals surface area contributed by atoms with Gasteiger partial charge < -0.3 is 10.4 Å². The van der Waals surface area contributed by atoms with E-state index in [1.165, 1.54) is 30.5 Å². The van der Waals surface area contributed by atoms with E-state index in [-0.39, 0.29) is 5.82 Å². The van der Waals surface area contributed by atoms with Crippen LogP contribution in [0.15, 0.2) is 42.7 Å². The fourth-order valence-electron chi connectivity index (χ4n) is 1.76. The molecule has 0 amide bonds. The highest BCUT2D eigenvalue weighted by Crippen LogP contribution is 2.22. The summed E-state index contributed by atoms with van der Waals surface area (Å²) in [4.78, 5) is 15.3. The number of pyridine rings is 1. The Hall–Kier alpha value is -2.43. The molecule has 0 aliphatic rings. The fourth-order valence-corrected chi connectivity index (χ4v) is 1.76. The van der Waals surface area contributed by atoms with Gasteiger partial charge in [0.15, 0.2) is 6.04 Å². The number of nitrogens with one attached hydrogen (secondary N) is 1. The molecular formula is C14H13FN2O2. The van der Waals surface area contributed by atoms with Crippen molar-refractivity contribution in [2.45, 2.75) is 13.0 Å². The van der Waals surface area contributed by atoms with Gasteiger partial charge in [-0.25, -0.2) is 9.18 Å². The van der Waals surface area contributed by atoms with Crippen molar-refractivity contribution in [3.63, 3.8) is 0 Å². The van der Waals surface area contributed by atoms with E-state index in [1.54, 1.807) is 12.3 Å². The lowest BCUT2D eigenvalue weighted by Crippen LogP contribution is -2.21. The van der Waals surface area contributed by atoms with Crippen molar-refractivity contribution in [3.05, 3.63) is 59.7 Å². The van der Waals surface area contributed by atoms with Crippen LogP contribution in [0.5, 0.6) is 0 Å². The second-order valence-corrected chi connectivity index (χ2v) is 4.15. The van der Waals surface area contributed by atoms with Crippen LogP contribution in [0.1, 0.15) is 17.2 Å². The molecule has 0 saturated carbocycles. The van der Waals surface area contributed by atoms with Crippen molar-refractivity contribution < 1.29 is 14.3 Å². The zero-order valence-electron chi connectivity index (χ0n) is 10.3. The summed E-state index contributed by atoms with van der Waals surface area (Å²) in [5.41, 5.74) is 1.95. The lowest BCUT2D eigenvalue weighted by molar-refractivity contribution is -0.138. The largest absolute Gasteiger partial charge is 0.479 e. The molecule has 0 aliphatic carbocycles. The molecule has 0 fully saturated rings. The molecule has 0 bridgehead atoms. The number of nitrogens with zero attached hydrogens (tertiary/aromatic N) is 1. The molecule has 0 spiro atoms. The number of anilines is 1. The number of carboxylic acid groups (broad SMARTS) is 1. The minimum Gasteiger partial charge on any atom is -0.479 e. The van der Waals surface area contributed by atoms with Gasteiger partial charge in [-0.3, -0.25) is 4.98 Å². The Morgan fingerprint density at radius 2 is 2.00 bits per heavy atom. The number of carbonyl (C=O) groups is 1. The second kappa shape index (κ2) is 5.48. The van der Waals surface area contributed by atoms with Crippen LogP contribution in [0.4, 0.5) is 10.1 Å². The van der Waals surface area contributed by atoms with Gasteiger partial charge in [0.1, 0.15) is 5.82 Å². The first-order valence-electron chi connectivity index (χ1n) is 5.73. The van der Waals surface area contributed by atoms with Crippen molar-refractivity contribution >= 4 is 11.7 Å². The van der Waals surface area contributed by atoms with Crippen LogP contribution in [0.25, 0.3) is 0 Å². The van der Waals surface area contributed by atoms with Gasteiger partial charge in [-0.2, -0.15) is 0 Å². The lowest BCUT2D eigenvalue weighted by Gasteiger charge is -2.17. The van der Waals surface area contributed by atoms with Gasteiger partial charge in [0.25, 0.3) is 0 Å². The molecule has 5 heteroatoms. The summed E-state index contributed by atoms with van der Waals surface area (Å²) in [6.45, 7) is 1.82. The van der Waals surface area contributed by atoms with Crippen molar-refractivity contribution in [1.29, 1.82) is 0 Å². The van der Waals surface area contributed by atoms with Crippen LogP contribution in [-0.4, -0.2) is 16.1 Å². The molecule has 2 rings (SSSR count). The molecule has 2 aromatic rings. The number of aryl methyl sites for hydroxylation is 1. The van der Waals surface area contributed by atoms with E-state index >= 15 is 0 Å². The normalized spacial score (nSPS) is 11.9. The third kappa shape index (κ3) is 3.07. The molecule has 1 aromatic carbocycles. The highest BCUT2D eigenvalue weighted by molar-refractivity contribution is 5.79. The minimum atomic E-state index is -1.01. The van der Waals surface area contributed by atoms with Crippen LogP contribution in [0.3, 0.4) is 0 Å². The van der Waals surface area contributed by atoms with E-state index in [9.17, 15) is 14.3 Å². The zero-order chi connectivity index (χ0) is 13.8. The van der Waals surface area contributed by atoms with E-state index in [1.807, 2.05) is 6.92 Å². The Bertz CT molecular complexity index is 584. The number of halogens is 1. The van der Waals surface area contributed by atoms with Crippen molar-refractivity contribution in [1.82, 2.24) is 4.98 Å². The summed E-state index contributed by atoms with van der Waals surface area (Å²) in [7, 11) is 0. The maximum Gasteiger partial charge on any atom is 0.330 e. The molecule has 1 atom stereocenters. The predicted octanol–water partition coefficient (Wildman–Crippen LogP) is 2.77. The minimum absolute atomic E-state index is 0.366. The van der Waals surface area contributed by atoms with Crippen LogP contribution >= 0.6 is 0 Å². The summed E-state index contributed by atoms with van der Waals surface area (Å²) in [5.74, 6) is -1.38. The Morgan fingerprint density at radius 1 is 1.32 bits per heavy atom. The summed E-state index contributed by atoms with van der Waals surface area (Å²) < 4.78 is 12.8. The van der Waals surface area contributed by atoms with Gasteiger partial charge in [-0.05, 0) is 42.8 Å². The topological polar surface area (TPSA) is 62.2 Å². The second-order valence-electron chi connectivity index (χ2n) is 4.15. The molecule has 1 aromatic heterocycles. The molecule has 2 N–H and O–H groups in total. The van der Waals surface area contributed by atoms with Crippen LogP contribution in [0.2, 0.25) is 0 Å². The Labute approximate surface area is 109 Å². The van der Waals surface area contributed by atoms with E-state index in [0.29, 0.717) is 11.3 Å². The van der Waals surface area contributed by atoms with Crippen molar-refractivity contribution in [2.24, 2.45) is 0 Å². The van der Waals surface area contributed by atoms with Gasteiger partial charge >= 0.3 is 5.97 Å². The fraction of sp³-hybridized carbons (Fsp3) is 0.143. The van der Waals surface area contributed by atoms with E-state index in [0.717, 1.165) is 5.56 Å². The molecule has 1 heterocycles. The molecule has 0 radical (unpaired) electrons. The van der Waals surface area contributed by atoms with E-state index in [4.69, 9.17) is 0 Å². The average molecular weight is 260 g/mol. The SMILES string of the molecule is Cc1ccncc1C(Nc1ccc(F)cc1)C(=O)O. The van der Waals surface area contributed by atoms with Crippen molar-refractivity contribution in [3.8, 4) is 0 Å². The highest BCUT2D eigenvalue weighted by Gasteiger charge is 2.21. The van der Waals surface area contributed by atoms with Crippen LogP contribution in [-0.2, 0) is 4.79 Å². The summed E-state index contributed by atoms with van der Waals surface area (Å²) in [6.07, 6.45) is 3.13. The summed E-state index contributed by atoms with van der Waals surface area (Å²) >= 11 is 0. The number of benzene rings is 1. The molecule has 98 valence electrons. The molecule has 19 heavy (non-hydrogen) atoms. The highest BCUT2D eigenvalue weighted by atomic mass is 19.1. The number of carboxylic acids is 1. The van der Waals surface area contributed by atoms with Gasteiger partial charge in [-0.15, -0.1) is 0 Å². The van der Waals surface area contributed by atoms with Gasteiger partial charge in [0, 0.05) is 23.6 Å². The van der Waals surface area contributed by atoms with Gasteiger partial charge in [0.05, 0.1) is 0 Å². The molecular weight excluding hydrogens is 247 g/mol. The van der Waals surface area contributed by atoms with Crippen LogP contribution < -0.4 is 5.32 Å². The maximum absolute atomic E-state index is 12.8. The summed E-state index contributed by atoms with van der Waals surface area (Å²) in [6, 6.07) is 6.37. The molecule has 4 nitrogen and oxygen atoms in total. The summed E-state index contributed by atoms with van der Waals surface area (Å²) in [5, 5.41) is 12.2. The molecule has 0 aliphatic heterocycles.